The number of fused-ring (bicyclic) bond motifs is 1. The van der Waals surface area contributed by atoms with E-state index in [1.54, 1.807) is 11.3 Å². The molecule has 3 N–H and O–H groups in total. The Morgan fingerprint density at radius 2 is 2.11 bits per heavy atom. The van der Waals surface area contributed by atoms with Crippen LogP contribution in [-0.2, 0) is 5.41 Å². The van der Waals surface area contributed by atoms with E-state index in [1.807, 2.05) is 0 Å². The molecule has 0 aromatic carbocycles. The van der Waals surface area contributed by atoms with Crippen LogP contribution in [-0.4, -0.2) is 11.9 Å². The number of nitrogen functional groups attached to an aromatic ring is 1. The molecule has 0 saturated heterocycles. The van der Waals surface area contributed by atoms with E-state index in [1.165, 1.54) is 10.4 Å². The predicted octanol–water partition coefficient (Wildman–Crippen LogP) is 3.01. The number of carbonyl (C=O) groups excluding carboxylic acids is 1. The van der Waals surface area contributed by atoms with Gasteiger partial charge in [0, 0.05) is 16.3 Å². The fraction of sp³-hybridized carbons (Fsp3) is 0.643. The van der Waals surface area contributed by atoms with Gasteiger partial charge in [0.1, 0.15) is 0 Å². The molecule has 2 aliphatic carbocycles. The molecule has 0 radical (unpaired) electrons. The van der Waals surface area contributed by atoms with E-state index < -0.39 is 0 Å². The third-order valence-electron chi connectivity index (χ3n) is 4.04. The molecule has 0 aliphatic heterocycles. The molecule has 1 fully saturated rings. The normalized spacial score (nSPS) is 24.9. The SMILES string of the molecule is CC1CC(C)(C)c2sc(N)c(C(=O)NC3CC3)c21. The van der Waals surface area contributed by atoms with Crippen LogP contribution in [0.3, 0.4) is 0 Å². The lowest BCUT2D eigenvalue weighted by atomic mass is 9.91. The van der Waals surface area contributed by atoms with Crippen molar-refractivity contribution in [2.45, 2.75) is 57.4 Å². The van der Waals surface area contributed by atoms with Gasteiger partial charge in [0.25, 0.3) is 5.91 Å². The van der Waals surface area contributed by atoms with Crippen LogP contribution in [0.4, 0.5) is 5.00 Å². The Hall–Kier alpha value is -1.03. The maximum Gasteiger partial charge on any atom is 0.254 e. The van der Waals surface area contributed by atoms with Gasteiger partial charge in [-0.1, -0.05) is 20.8 Å². The highest BCUT2D eigenvalue weighted by molar-refractivity contribution is 7.16. The summed E-state index contributed by atoms with van der Waals surface area (Å²) >= 11 is 1.61. The Kier molecular flexibility index (Phi) is 2.49. The number of anilines is 1. The van der Waals surface area contributed by atoms with Gasteiger partial charge in [-0.2, -0.15) is 0 Å². The number of nitrogens with two attached hydrogens (primary N) is 1. The van der Waals surface area contributed by atoms with Crippen LogP contribution in [0, 0.1) is 0 Å². The van der Waals surface area contributed by atoms with Gasteiger partial charge in [-0.25, -0.2) is 0 Å². The van der Waals surface area contributed by atoms with Crippen molar-refractivity contribution >= 4 is 22.2 Å². The Balaban J connectivity index is 2.02. The van der Waals surface area contributed by atoms with Crippen molar-refractivity contribution in [2.75, 3.05) is 5.73 Å². The second-order valence-electron chi connectivity index (χ2n) is 6.32. The van der Waals surface area contributed by atoms with E-state index in [9.17, 15) is 4.79 Å². The number of hydrogen-bond acceptors (Lipinski definition) is 3. The first-order chi connectivity index (χ1) is 8.40. The fourth-order valence-corrected chi connectivity index (χ4v) is 4.41. The van der Waals surface area contributed by atoms with Crippen molar-refractivity contribution in [2.24, 2.45) is 0 Å². The van der Waals surface area contributed by atoms with Crippen LogP contribution in [0.25, 0.3) is 0 Å². The van der Waals surface area contributed by atoms with Crippen LogP contribution in [0.5, 0.6) is 0 Å². The van der Waals surface area contributed by atoms with Gasteiger partial charge in [0.05, 0.1) is 10.6 Å². The molecular weight excluding hydrogens is 244 g/mol. The average Bonchev–Trinajstić information content (AvgIpc) is 2.93. The molecule has 98 valence electrons. The van der Waals surface area contributed by atoms with Crippen LogP contribution in [0.15, 0.2) is 0 Å². The number of nitrogens with one attached hydrogen (secondary N) is 1. The molecule has 1 amide bonds. The van der Waals surface area contributed by atoms with Crippen molar-refractivity contribution in [1.29, 1.82) is 0 Å². The minimum atomic E-state index is 0.0389. The number of rotatable bonds is 2. The molecular formula is C14H20N2OS. The van der Waals surface area contributed by atoms with E-state index in [4.69, 9.17) is 5.73 Å². The highest BCUT2D eigenvalue weighted by atomic mass is 32.1. The third-order valence-corrected chi connectivity index (χ3v) is 5.44. The van der Waals surface area contributed by atoms with Gasteiger partial charge >= 0.3 is 0 Å². The minimum Gasteiger partial charge on any atom is -0.390 e. The van der Waals surface area contributed by atoms with Gasteiger partial charge in [0.2, 0.25) is 0 Å². The standard InChI is InChI=1S/C14H20N2OS/c1-7-6-14(2,3)11-9(7)10(12(15)18-11)13(17)16-8-4-5-8/h7-8H,4-6,15H2,1-3H3,(H,16,17). The van der Waals surface area contributed by atoms with E-state index in [-0.39, 0.29) is 11.3 Å². The summed E-state index contributed by atoms with van der Waals surface area (Å²) < 4.78 is 0. The average molecular weight is 264 g/mol. The molecule has 3 rings (SSSR count). The minimum absolute atomic E-state index is 0.0389. The molecule has 0 bridgehead atoms. The van der Waals surface area contributed by atoms with Crippen LogP contribution in [0.2, 0.25) is 0 Å². The van der Waals surface area contributed by atoms with Gasteiger partial charge in [0.15, 0.2) is 0 Å². The molecule has 1 heterocycles. The van der Waals surface area contributed by atoms with Gasteiger partial charge in [-0.15, -0.1) is 11.3 Å². The molecule has 1 saturated carbocycles. The summed E-state index contributed by atoms with van der Waals surface area (Å²) in [6, 6.07) is 0.386. The van der Waals surface area contributed by atoms with Gasteiger partial charge in [-0.05, 0) is 30.7 Å². The Labute approximate surface area is 112 Å². The molecule has 1 aromatic heterocycles. The zero-order valence-corrected chi connectivity index (χ0v) is 12.0. The second kappa shape index (κ2) is 3.73. The first-order valence-electron chi connectivity index (χ1n) is 6.63. The van der Waals surface area contributed by atoms with E-state index in [2.05, 4.69) is 26.1 Å². The van der Waals surface area contributed by atoms with E-state index >= 15 is 0 Å². The van der Waals surface area contributed by atoms with Gasteiger partial charge < -0.3 is 11.1 Å². The quantitative estimate of drug-likeness (QED) is 0.862. The van der Waals surface area contributed by atoms with Crippen LogP contribution >= 0.6 is 11.3 Å². The lowest BCUT2D eigenvalue weighted by Crippen LogP contribution is -2.26. The first-order valence-corrected chi connectivity index (χ1v) is 7.45. The number of amides is 1. The molecule has 1 unspecified atom stereocenters. The largest absolute Gasteiger partial charge is 0.390 e. The summed E-state index contributed by atoms with van der Waals surface area (Å²) in [5, 5.41) is 3.75. The fourth-order valence-electron chi connectivity index (χ4n) is 3.11. The Morgan fingerprint density at radius 1 is 1.44 bits per heavy atom. The van der Waals surface area contributed by atoms with Crippen LogP contribution in [0.1, 0.15) is 66.8 Å². The van der Waals surface area contributed by atoms with Gasteiger partial charge in [-0.3, -0.25) is 4.79 Å². The van der Waals surface area contributed by atoms with Crippen molar-refractivity contribution < 1.29 is 4.79 Å². The summed E-state index contributed by atoms with van der Waals surface area (Å²) in [5.74, 6) is 0.473. The summed E-state index contributed by atoms with van der Waals surface area (Å²) in [6.45, 7) is 6.69. The number of thiophene rings is 1. The summed E-state index contributed by atoms with van der Waals surface area (Å²) in [4.78, 5) is 13.6. The van der Waals surface area contributed by atoms with Crippen molar-refractivity contribution in [3.05, 3.63) is 16.0 Å². The lowest BCUT2D eigenvalue weighted by Gasteiger charge is -2.17. The topological polar surface area (TPSA) is 55.1 Å². The highest BCUT2D eigenvalue weighted by Gasteiger charge is 2.41. The van der Waals surface area contributed by atoms with Crippen molar-refractivity contribution in [3.63, 3.8) is 0 Å². The second-order valence-corrected chi connectivity index (χ2v) is 7.37. The lowest BCUT2D eigenvalue weighted by molar-refractivity contribution is 0.0951. The molecule has 18 heavy (non-hydrogen) atoms. The zero-order valence-electron chi connectivity index (χ0n) is 11.2. The first kappa shape index (κ1) is 12.0. The number of carbonyl (C=O) groups is 1. The van der Waals surface area contributed by atoms with E-state index in [0.29, 0.717) is 17.0 Å². The maximum absolute atomic E-state index is 12.3. The smallest absolute Gasteiger partial charge is 0.254 e. The number of hydrogen-bond donors (Lipinski definition) is 2. The molecule has 0 spiro atoms. The maximum atomic E-state index is 12.3. The molecule has 1 aromatic rings. The summed E-state index contributed by atoms with van der Waals surface area (Å²) in [5.41, 5.74) is 8.22. The molecule has 2 aliphatic rings. The van der Waals surface area contributed by atoms with Crippen LogP contribution < -0.4 is 11.1 Å². The zero-order chi connectivity index (χ0) is 13.1. The van der Waals surface area contributed by atoms with E-state index in [0.717, 1.165) is 24.8 Å². The Morgan fingerprint density at radius 3 is 2.72 bits per heavy atom. The Bertz CT molecular complexity index is 514. The molecule has 1 atom stereocenters. The monoisotopic (exact) mass is 264 g/mol. The third kappa shape index (κ3) is 1.74. The molecule has 3 nitrogen and oxygen atoms in total. The van der Waals surface area contributed by atoms with Crippen molar-refractivity contribution in [1.82, 2.24) is 5.32 Å². The molecule has 4 heteroatoms. The summed E-state index contributed by atoms with van der Waals surface area (Å²) in [7, 11) is 0. The predicted molar refractivity (Wildman–Crippen MR) is 75.3 cm³/mol. The highest BCUT2D eigenvalue weighted by Crippen LogP contribution is 2.52. The summed E-state index contributed by atoms with van der Waals surface area (Å²) in [6.07, 6.45) is 3.33. The van der Waals surface area contributed by atoms with Crippen molar-refractivity contribution in [3.8, 4) is 0 Å².